The first-order valence-corrected chi connectivity index (χ1v) is 15.4. The predicted octanol–water partition coefficient (Wildman–Crippen LogP) is 7.42. The van der Waals surface area contributed by atoms with Gasteiger partial charge in [-0.05, 0) is 55.4 Å². The van der Waals surface area contributed by atoms with Crippen LogP contribution in [0.15, 0.2) is 64.7 Å². The van der Waals surface area contributed by atoms with E-state index in [9.17, 15) is 14.4 Å². The number of alkyl halides is 1. The number of hydrogen-bond acceptors (Lipinski definition) is 4. The topological polar surface area (TPSA) is 99.1 Å². The number of amides is 2. The highest BCUT2D eigenvalue weighted by atomic mass is 35.5. The molecule has 0 bridgehead atoms. The molecular formula is C32H43Cl2N3O4. The summed E-state index contributed by atoms with van der Waals surface area (Å²) < 4.78 is 0. The molecule has 224 valence electrons. The lowest BCUT2D eigenvalue weighted by Gasteiger charge is -2.47. The fourth-order valence-electron chi connectivity index (χ4n) is 5.50. The molecule has 2 N–H and O–H groups in total. The Morgan fingerprint density at radius 3 is 2.51 bits per heavy atom. The predicted molar refractivity (Wildman–Crippen MR) is 168 cm³/mol. The average Bonchev–Trinajstić information content (AvgIpc) is 3.26. The first-order chi connectivity index (χ1) is 19.7. The Morgan fingerprint density at radius 1 is 1.27 bits per heavy atom. The van der Waals surface area contributed by atoms with Crippen LogP contribution in [0, 0.1) is 5.92 Å². The van der Waals surface area contributed by atoms with E-state index in [4.69, 9.17) is 33.3 Å². The van der Waals surface area contributed by atoms with Crippen LogP contribution in [0.5, 0.6) is 0 Å². The van der Waals surface area contributed by atoms with Crippen LogP contribution in [0.2, 0.25) is 0 Å². The Hall–Kier alpha value is -2.90. The summed E-state index contributed by atoms with van der Waals surface area (Å²) in [4.78, 5) is 44.6. The Balaban J connectivity index is 0.00000287. The van der Waals surface area contributed by atoms with Crippen LogP contribution in [0.3, 0.4) is 0 Å². The summed E-state index contributed by atoms with van der Waals surface area (Å²) in [6.45, 7) is 12.0. The van der Waals surface area contributed by atoms with Crippen LogP contribution < -0.4 is 5.32 Å². The molecule has 0 radical (unpaired) electrons. The first kappa shape index (κ1) is 34.3. The van der Waals surface area contributed by atoms with Gasteiger partial charge in [0.25, 0.3) is 11.8 Å². The number of rotatable bonds is 12. The molecule has 2 aliphatic rings. The van der Waals surface area contributed by atoms with Crippen molar-refractivity contribution in [2.75, 3.05) is 12.4 Å². The Labute approximate surface area is 254 Å². The third kappa shape index (κ3) is 8.32. The molecule has 1 fully saturated rings. The summed E-state index contributed by atoms with van der Waals surface area (Å²) in [5.41, 5.74) is 1.62. The summed E-state index contributed by atoms with van der Waals surface area (Å²) in [6.07, 6.45) is 10.2. The van der Waals surface area contributed by atoms with Crippen molar-refractivity contribution in [3.8, 4) is 0 Å². The quantitative estimate of drug-likeness (QED) is 0.192. The van der Waals surface area contributed by atoms with Gasteiger partial charge in [0.2, 0.25) is 0 Å². The molecule has 1 aliphatic carbocycles. The van der Waals surface area contributed by atoms with Crippen LogP contribution >= 0.6 is 23.2 Å². The van der Waals surface area contributed by atoms with Crippen molar-refractivity contribution in [3.63, 3.8) is 0 Å². The first-order valence-electron chi connectivity index (χ1n) is 14.5. The molecule has 3 unspecified atom stereocenters. The lowest BCUT2D eigenvalue weighted by molar-refractivity contribution is -0.137. The summed E-state index contributed by atoms with van der Waals surface area (Å²) in [5.74, 6) is -1.10. The number of hydrogen-bond donors (Lipinski definition) is 2. The molecule has 3 atom stereocenters. The van der Waals surface area contributed by atoms with Gasteiger partial charge in [0.15, 0.2) is 0 Å². The van der Waals surface area contributed by atoms with Crippen molar-refractivity contribution in [2.24, 2.45) is 10.9 Å². The minimum absolute atomic E-state index is 0.0552. The zero-order valence-corrected chi connectivity index (χ0v) is 26.1. The van der Waals surface area contributed by atoms with Gasteiger partial charge in [-0.15, -0.1) is 11.6 Å². The Kier molecular flexibility index (Phi) is 13.8. The number of allylic oxidation sites excluding steroid dienone is 4. The monoisotopic (exact) mass is 603 g/mol. The number of aliphatic carboxylic acids is 1. The zero-order valence-electron chi connectivity index (χ0n) is 24.6. The molecule has 2 amide bonds. The van der Waals surface area contributed by atoms with E-state index in [1.807, 2.05) is 30.9 Å². The maximum Gasteiger partial charge on any atom is 0.305 e. The molecule has 0 aromatic heterocycles. The van der Waals surface area contributed by atoms with Gasteiger partial charge in [-0.25, -0.2) is 0 Å². The van der Waals surface area contributed by atoms with Crippen molar-refractivity contribution < 1.29 is 19.5 Å². The third-order valence-corrected chi connectivity index (χ3v) is 7.90. The molecule has 0 saturated heterocycles. The van der Waals surface area contributed by atoms with E-state index < -0.39 is 11.6 Å². The van der Waals surface area contributed by atoms with Crippen LogP contribution in [0.1, 0.15) is 94.6 Å². The maximum atomic E-state index is 14.2. The van der Waals surface area contributed by atoms with E-state index >= 15 is 0 Å². The van der Waals surface area contributed by atoms with Crippen LogP contribution in [0.25, 0.3) is 0 Å². The molecule has 9 heteroatoms. The largest absolute Gasteiger partial charge is 0.481 e. The zero-order chi connectivity index (χ0) is 30.6. The molecule has 1 aromatic carbocycles. The van der Waals surface area contributed by atoms with Crippen LogP contribution in [-0.2, 0) is 9.59 Å². The Bertz CT molecular complexity index is 1180. The SMILES string of the molecule is C=C/C(Cl)=C\C(=C/CCl)C1=NC2(CCCCC2C)N(C(CCC)c2ccc(C(=O)NCCC(=O)O)cc2)C1=O.CC. The number of halogens is 2. The van der Waals surface area contributed by atoms with Crippen molar-refractivity contribution in [3.05, 3.63) is 70.8 Å². The fourth-order valence-corrected chi connectivity index (χ4v) is 5.78. The van der Waals surface area contributed by atoms with Gasteiger partial charge in [-0.3, -0.25) is 19.4 Å². The van der Waals surface area contributed by atoms with Gasteiger partial charge < -0.3 is 15.3 Å². The average molecular weight is 605 g/mol. The molecule has 1 aliphatic heterocycles. The van der Waals surface area contributed by atoms with Crippen molar-refractivity contribution in [1.82, 2.24) is 10.2 Å². The number of benzene rings is 1. The summed E-state index contributed by atoms with van der Waals surface area (Å²) in [6, 6.07) is 6.95. The van der Waals surface area contributed by atoms with Crippen LogP contribution in [0.4, 0.5) is 0 Å². The Morgan fingerprint density at radius 2 is 1.95 bits per heavy atom. The van der Waals surface area contributed by atoms with Crippen molar-refractivity contribution >= 4 is 46.7 Å². The van der Waals surface area contributed by atoms with Crippen LogP contribution in [-0.4, -0.2) is 51.6 Å². The third-order valence-electron chi connectivity index (χ3n) is 7.48. The van der Waals surface area contributed by atoms with Crippen molar-refractivity contribution in [1.29, 1.82) is 0 Å². The van der Waals surface area contributed by atoms with E-state index in [1.165, 1.54) is 6.08 Å². The molecule has 1 saturated carbocycles. The molecule has 1 spiro atoms. The molecule has 3 rings (SSSR count). The number of carboxylic acid groups (broad SMARTS) is 1. The maximum absolute atomic E-state index is 14.2. The van der Waals surface area contributed by atoms with Gasteiger partial charge >= 0.3 is 5.97 Å². The number of carbonyl (C=O) groups is 3. The summed E-state index contributed by atoms with van der Waals surface area (Å²) in [5, 5.41) is 11.8. The second-order valence-electron chi connectivity index (χ2n) is 10.0. The summed E-state index contributed by atoms with van der Waals surface area (Å²) >= 11 is 12.3. The molecule has 41 heavy (non-hydrogen) atoms. The van der Waals surface area contributed by atoms with E-state index in [2.05, 4.69) is 25.7 Å². The number of nitrogens with one attached hydrogen (secondary N) is 1. The lowest BCUT2D eigenvalue weighted by atomic mass is 9.78. The summed E-state index contributed by atoms with van der Waals surface area (Å²) in [7, 11) is 0. The fraction of sp³-hybridized carbons (Fsp3) is 0.500. The highest BCUT2D eigenvalue weighted by Gasteiger charge is 2.54. The standard InChI is InChI=1S/C30H37Cl2N3O4.C2H6/c1-4-8-25(21-10-12-22(13-11-21)28(38)33-18-15-26(36)37)35-29(39)27(23(14-17-31)19-24(32)5-2)34-30(35)16-7-6-9-20(30)3;1-2/h5,10-14,19-20,25H,2,4,6-9,15-18H2,1,3H3,(H,33,38)(H,36,37);1-2H3/b23-14+,24-19+;. The smallest absolute Gasteiger partial charge is 0.305 e. The van der Waals surface area contributed by atoms with Gasteiger partial charge in [-0.2, -0.15) is 0 Å². The van der Waals surface area contributed by atoms with Crippen molar-refractivity contribution in [2.45, 2.75) is 84.3 Å². The normalized spacial score (nSPS) is 21.6. The van der Waals surface area contributed by atoms with Gasteiger partial charge in [-0.1, -0.05) is 83.0 Å². The second kappa shape index (κ2) is 16.5. The minimum atomic E-state index is -0.970. The molecule has 7 nitrogen and oxygen atoms in total. The highest BCUT2D eigenvalue weighted by molar-refractivity contribution is 6.48. The van der Waals surface area contributed by atoms with Gasteiger partial charge in [0.1, 0.15) is 11.4 Å². The van der Waals surface area contributed by atoms with E-state index in [-0.39, 0.29) is 42.6 Å². The number of aliphatic imine (C=N–C) groups is 1. The van der Waals surface area contributed by atoms with Gasteiger partial charge in [0, 0.05) is 28.6 Å². The molecular weight excluding hydrogens is 561 g/mol. The molecule has 1 aromatic rings. The highest BCUT2D eigenvalue weighted by Crippen LogP contribution is 2.48. The van der Waals surface area contributed by atoms with Gasteiger partial charge in [0.05, 0.1) is 12.5 Å². The molecule has 1 heterocycles. The lowest BCUT2D eigenvalue weighted by Crippen LogP contribution is -2.54. The second-order valence-corrected chi connectivity index (χ2v) is 10.8. The van der Waals surface area contributed by atoms with E-state index in [1.54, 1.807) is 24.3 Å². The van der Waals surface area contributed by atoms with E-state index in [0.29, 0.717) is 21.9 Å². The number of carbonyl (C=O) groups excluding carboxylic acids is 2. The number of nitrogens with zero attached hydrogens (tertiary/aromatic N) is 2. The minimum Gasteiger partial charge on any atom is -0.481 e. The number of carboxylic acids is 1. The van der Waals surface area contributed by atoms with E-state index in [0.717, 1.165) is 44.1 Å².